The van der Waals surface area contributed by atoms with Crippen molar-refractivity contribution in [3.8, 4) is 0 Å². The topological polar surface area (TPSA) is 12.0 Å². The molecular weight excluding hydrogens is 238 g/mol. The molecule has 0 aliphatic carbocycles. The van der Waals surface area contributed by atoms with Gasteiger partial charge in [-0.15, -0.1) is 0 Å². The van der Waals surface area contributed by atoms with E-state index in [4.69, 9.17) is 0 Å². The Kier molecular flexibility index (Phi) is 10.0. The number of thiophene rings is 1. The van der Waals surface area contributed by atoms with Crippen molar-refractivity contribution in [1.82, 2.24) is 0 Å². The minimum Gasteiger partial charge on any atom is -0.384 e. The second kappa shape index (κ2) is 11.6. The van der Waals surface area contributed by atoms with E-state index in [1.165, 1.54) is 69.9 Å². The lowest BCUT2D eigenvalue weighted by atomic mass is 10.1. The maximum atomic E-state index is 3.46. The van der Waals surface area contributed by atoms with Crippen molar-refractivity contribution in [2.45, 2.75) is 71.1 Å². The zero-order valence-corrected chi connectivity index (χ0v) is 12.7. The summed E-state index contributed by atoms with van der Waals surface area (Å²) >= 11 is 1.76. The lowest BCUT2D eigenvalue weighted by Gasteiger charge is -2.04. The molecule has 0 fully saturated rings. The molecule has 0 amide bonds. The molecule has 1 heterocycles. The Hall–Kier alpha value is -0.500. The maximum Gasteiger partial charge on any atom is 0.0448 e. The Morgan fingerprint density at radius 3 is 2.06 bits per heavy atom. The van der Waals surface area contributed by atoms with Gasteiger partial charge in [0.05, 0.1) is 0 Å². The molecule has 0 aromatic carbocycles. The Balaban J connectivity index is 1.73. The van der Waals surface area contributed by atoms with Crippen molar-refractivity contribution in [3.63, 3.8) is 0 Å². The number of hydrogen-bond acceptors (Lipinski definition) is 2. The van der Waals surface area contributed by atoms with Gasteiger partial charge < -0.3 is 5.32 Å². The van der Waals surface area contributed by atoms with Crippen LogP contribution in [0.15, 0.2) is 16.8 Å². The molecule has 0 saturated heterocycles. The van der Waals surface area contributed by atoms with Gasteiger partial charge in [0.15, 0.2) is 0 Å². The average molecular weight is 267 g/mol. The molecule has 1 aromatic heterocycles. The van der Waals surface area contributed by atoms with Gasteiger partial charge in [-0.05, 0) is 17.9 Å². The smallest absolute Gasteiger partial charge is 0.0448 e. The van der Waals surface area contributed by atoms with Gasteiger partial charge in [-0.25, -0.2) is 0 Å². The van der Waals surface area contributed by atoms with Crippen LogP contribution in [0.5, 0.6) is 0 Å². The molecular formula is C16H29NS. The third-order valence-corrected chi connectivity index (χ3v) is 4.06. The van der Waals surface area contributed by atoms with E-state index in [-0.39, 0.29) is 0 Å². The summed E-state index contributed by atoms with van der Waals surface area (Å²) in [5.74, 6) is 0. The van der Waals surface area contributed by atoms with Crippen molar-refractivity contribution >= 4 is 17.0 Å². The molecule has 0 spiro atoms. The summed E-state index contributed by atoms with van der Waals surface area (Å²) in [4.78, 5) is 0. The third kappa shape index (κ3) is 8.57. The maximum absolute atomic E-state index is 3.46. The highest BCUT2D eigenvalue weighted by Gasteiger charge is 1.93. The van der Waals surface area contributed by atoms with E-state index >= 15 is 0 Å². The number of nitrogens with one attached hydrogen (secondary N) is 1. The van der Waals surface area contributed by atoms with Gasteiger partial charge in [0.25, 0.3) is 0 Å². The van der Waals surface area contributed by atoms with Crippen LogP contribution in [0.25, 0.3) is 0 Å². The van der Waals surface area contributed by atoms with Crippen LogP contribution >= 0.6 is 11.3 Å². The molecule has 104 valence electrons. The molecule has 1 nitrogen and oxygen atoms in total. The monoisotopic (exact) mass is 267 g/mol. The third-order valence-electron chi connectivity index (χ3n) is 3.38. The predicted molar refractivity (Wildman–Crippen MR) is 84.7 cm³/mol. The predicted octanol–water partition coefficient (Wildman–Crippen LogP) is 6.08. The highest BCUT2D eigenvalue weighted by molar-refractivity contribution is 7.08. The highest BCUT2D eigenvalue weighted by atomic mass is 32.1. The van der Waals surface area contributed by atoms with Gasteiger partial charge >= 0.3 is 0 Å². The van der Waals surface area contributed by atoms with Gasteiger partial charge in [-0.3, -0.25) is 0 Å². The summed E-state index contributed by atoms with van der Waals surface area (Å²) < 4.78 is 0. The van der Waals surface area contributed by atoms with Gasteiger partial charge in [-0.1, -0.05) is 64.7 Å². The molecule has 1 aromatic rings. The van der Waals surface area contributed by atoms with Crippen LogP contribution in [-0.4, -0.2) is 6.54 Å². The van der Waals surface area contributed by atoms with Crippen LogP contribution in [0.4, 0.5) is 5.69 Å². The SMILES string of the molecule is CCCCCCCCCCCCNc1ccsc1. The van der Waals surface area contributed by atoms with E-state index in [0.29, 0.717) is 0 Å². The molecule has 0 radical (unpaired) electrons. The van der Waals surface area contributed by atoms with E-state index in [1.54, 1.807) is 11.3 Å². The Morgan fingerprint density at radius 1 is 0.889 bits per heavy atom. The zero-order valence-electron chi connectivity index (χ0n) is 11.9. The van der Waals surface area contributed by atoms with Gasteiger partial charge in [0.2, 0.25) is 0 Å². The molecule has 1 N–H and O–H groups in total. The fraction of sp³-hybridized carbons (Fsp3) is 0.750. The van der Waals surface area contributed by atoms with Crippen molar-refractivity contribution in [2.75, 3.05) is 11.9 Å². The van der Waals surface area contributed by atoms with E-state index in [1.807, 2.05) is 0 Å². The molecule has 0 unspecified atom stereocenters. The second-order valence-corrected chi connectivity index (χ2v) is 5.90. The van der Waals surface area contributed by atoms with Crippen LogP contribution in [0, 0.1) is 0 Å². The van der Waals surface area contributed by atoms with E-state index in [0.717, 1.165) is 6.54 Å². The highest BCUT2D eigenvalue weighted by Crippen LogP contribution is 2.13. The van der Waals surface area contributed by atoms with Crippen molar-refractivity contribution in [3.05, 3.63) is 16.8 Å². The zero-order chi connectivity index (χ0) is 12.9. The van der Waals surface area contributed by atoms with Gasteiger partial charge in [-0.2, -0.15) is 11.3 Å². The molecule has 0 bridgehead atoms. The first-order chi connectivity index (χ1) is 8.93. The van der Waals surface area contributed by atoms with Crippen LogP contribution in [0.3, 0.4) is 0 Å². The Bertz CT molecular complexity index is 256. The fourth-order valence-electron chi connectivity index (χ4n) is 2.21. The molecule has 0 aliphatic heterocycles. The quantitative estimate of drug-likeness (QED) is 0.452. The normalized spacial score (nSPS) is 10.7. The Morgan fingerprint density at radius 2 is 1.50 bits per heavy atom. The molecule has 1 rings (SSSR count). The minimum absolute atomic E-state index is 1.13. The molecule has 0 saturated carbocycles. The summed E-state index contributed by atoms with van der Waals surface area (Å²) in [5.41, 5.74) is 1.29. The van der Waals surface area contributed by atoms with Crippen molar-refractivity contribution < 1.29 is 0 Å². The van der Waals surface area contributed by atoms with E-state index < -0.39 is 0 Å². The van der Waals surface area contributed by atoms with Crippen LogP contribution in [0.2, 0.25) is 0 Å². The summed E-state index contributed by atoms with van der Waals surface area (Å²) in [6, 6.07) is 2.15. The second-order valence-electron chi connectivity index (χ2n) is 5.12. The first kappa shape index (κ1) is 15.6. The standard InChI is InChI=1S/C16H29NS/c1-2-3-4-5-6-7-8-9-10-11-13-17-16-12-14-18-15-16/h12,14-15,17H,2-11,13H2,1H3. The van der Waals surface area contributed by atoms with Crippen LogP contribution in [0.1, 0.15) is 71.1 Å². The molecule has 2 heteroatoms. The number of unbranched alkanes of at least 4 members (excludes halogenated alkanes) is 9. The molecule has 18 heavy (non-hydrogen) atoms. The minimum atomic E-state index is 1.13. The number of rotatable bonds is 12. The Labute approximate surface area is 117 Å². The first-order valence-corrected chi connectivity index (χ1v) is 8.64. The first-order valence-electron chi connectivity index (χ1n) is 7.69. The van der Waals surface area contributed by atoms with E-state index in [9.17, 15) is 0 Å². The summed E-state index contributed by atoms with van der Waals surface area (Å²) in [6.45, 7) is 3.41. The largest absolute Gasteiger partial charge is 0.384 e. The van der Waals surface area contributed by atoms with Crippen LogP contribution in [-0.2, 0) is 0 Å². The van der Waals surface area contributed by atoms with Gasteiger partial charge in [0.1, 0.15) is 0 Å². The fourth-order valence-corrected chi connectivity index (χ4v) is 2.82. The average Bonchev–Trinajstić information content (AvgIpc) is 2.89. The van der Waals surface area contributed by atoms with Crippen molar-refractivity contribution in [2.24, 2.45) is 0 Å². The van der Waals surface area contributed by atoms with Gasteiger partial charge in [0, 0.05) is 17.6 Å². The van der Waals surface area contributed by atoms with E-state index in [2.05, 4.69) is 29.1 Å². The summed E-state index contributed by atoms with van der Waals surface area (Å²) in [6.07, 6.45) is 14.1. The number of anilines is 1. The summed E-state index contributed by atoms with van der Waals surface area (Å²) in [7, 11) is 0. The molecule has 0 aliphatic rings. The lowest BCUT2D eigenvalue weighted by Crippen LogP contribution is -1.99. The number of hydrogen-bond donors (Lipinski definition) is 1. The molecule has 0 atom stereocenters. The summed E-state index contributed by atoms with van der Waals surface area (Å²) in [5, 5.41) is 7.76. The lowest BCUT2D eigenvalue weighted by molar-refractivity contribution is 0.560. The van der Waals surface area contributed by atoms with Crippen molar-refractivity contribution in [1.29, 1.82) is 0 Å². The van der Waals surface area contributed by atoms with Crippen LogP contribution < -0.4 is 5.32 Å².